The van der Waals surface area contributed by atoms with Gasteiger partial charge in [0.1, 0.15) is 5.03 Å². The fraction of sp³-hybridized carbons (Fsp3) is 0.450. The number of benzene rings is 1. The summed E-state index contributed by atoms with van der Waals surface area (Å²) in [4.78, 5) is 12.1. The number of aryl methyl sites for hydroxylation is 2. The predicted octanol–water partition coefficient (Wildman–Crippen LogP) is 4.30. The van der Waals surface area contributed by atoms with Crippen LogP contribution < -0.4 is 5.32 Å². The predicted molar refractivity (Wildman–Crippen MR) is 103 cm³/mol. The summed E-state index contributed by atoms with van der Waals surface area (Å²) < 4.78 is 0. The molecule has 1 aliphatic carbocycles. The number of rotatable bonds is 5. The number of nitrogens with one attached hydrogen (secondary N) is 1. The molecule has 1 N–H and O–H groups in total. The summed E-state index contributed by atoms with van der Waals surface area (Å²) in [6, 6.07) is 10.6. The van der Waals surface area contributed by atoms with Crippen molar-refractivity contribution in [3.63, 3.8) is 0 Å². The Morgan fingerprint density at radius 1 is 1.08 bits per heavy atom. The van der Waals surface area contributed by atoms with Crippen molar-refractivity contribution in [2.45, 2.75) is 57.0 Å². The SMILES string of the molecule is Cc1ccc(-c2ccc(SCC(=O)NC3CCCCC3)nn2)cc1C. The van der Waals surface area contributed by atoms with Crippen molar-refractivity contribution in [1.29, 1.82) is 0 Å². The molecule has 0 radical (unpaired) electrons. The summed E-state index contributed by atoms with van der Waals surface area (Å²) in [5.41, 5.74) is 4.45. The second-order valence-electron chi connectivity index (χ2n) is 6.75. The molecule has 1 aromatic heterocycles. The average Bonchev–Trinajstić information content (AvgIpc) is 2.64. The highest BCUT2D eigenvalue weighted by atomic mass is 32.2. The molecular weight excluding hydrogens is 330 g/mol. The molecule has 0 unspecified atom stereocenters. The van der Waals surface area contributed by atoms with Crippen LogP contribution in [0.15, 0.2) is 35.4 Å². The molecule has 25 heavy (non-hydrogen) atoms. The molecule has 1 aromatic carbocycles. The van der Waals surface area contributed by atoms with Gasteiger partial charge in [0.2, 0.25) is 5.91 Å². The molecule has 1 amide bonds. The minimum Gasteiger partial charge on any atom is -0.353 e. The van der Waals surface area contributed by atoms with Gasteiger partial charge in [0.05, 0.1) is 11.4 Å². The van der Waals surface area contributed by atoms with Gasteiger partial charge in [-0.05, 0) is 56.0 Å². The van der Waals surface area contributed by atoms with Crippen LogP contribution in [0.3, 0.4) is 0 Å². The molecule has 3 rings (SSSR count). The lowest BCUT2D eigenvalue weighted by molar-refractivity contribution is -0.119. The van der Waals surface area contributed by atoms with E-state index in [0.717, 1.165) is 29.1 Å². The smallest absolute Gasteiger partial charge is 0.230 e. The van der Waals surface area contributed by atoms with Gasteiger partial charge < -0.3 is 5.32 Å². The Kier molecular flexibility index (Phi) is 6.08. The lowest BCUT2D eigenvalue weighted by Gasteiger charge is -2.22. The summed E-state index contributed by atoms with van der Waals surface area (Å²) in [6.07, 6.45) is 5.97. The summed E-state index contributed by atoms with van der Waals surface area (Å²) in [6.45, 7) is 4.20. The van der Waals surface area contributed by atoms with E-state index in [0.29, 0.717) is 11.8 Å². The van der Waals surface area contributed by atoms with Crippen LogP contribution in [0.5, 0.6) is 0 Å². The molecule has 0 saturated heterocycles. The van der Waals surface area contributed by atoms with Crippen molar-refractivity contribution >= 4 is 17.7 Å². The number of amides is 1. The first-order valence-electron chi connectivity index (χ1n) is 8.95. The molecular formula is C20H25N3OS. The number of carbonyl (C=O) groups is 1. The molecule has 0 aliphatic heterocycles. The van der Waals surface area contributed by atoms with E-state index in [4.69, 9.17) is 0 Å². The zero-order valence-electron chi connectivity index (χ0n) is 14.9. The Labute approximate surface area is 153 Å². The summed E-state index contributed by atoms with van der Waals surface area (Å²) >= 11 is 1.44. The van der Waals surface area contributed by atoms with Crippen LogP contribution in [0.4, 0.5) is 0 Å². The van der Waals surface area contributed by atoms with Crippen molar-refractivity contribution < 1.29 is 4.79 Å². The van der Waals surface area contributed by atoms with Crippen LogP contribution in [0.1, 0.15) is 43.2 Å². The van der Waals surface area contributed by atoms with Crippen molar-refractivity contribution in [2.75, 3.05) is 5.75 Å². The fourth-order valence-electron chi connectivity index (χ4n) is 3.11. The third kappa shape index (κ3) is 5.05. The third-order valence-corrected chi connectivity index (χ3v) is 5.68. The van der Waals surface area contributed by atoms with Crippen LogP contribution in [0.2, 0.25) is 0 Å². The molecule has 4 nitrogen and oxygen atoms in total. The zero-order valence-corrected chi connectivity index (χ0v) is 15.7. The summed E-state index contributed by atoms with van der Waals surface area (Å²) in [5.74, 6) is 0.491. The Bertz CT molecular complexity index is 724. The van der Waals surface area contributed by atoms with Crippen molar-refractivity contribution in [1.82, 2.24) is 15.5 Å². The normalized spacial score (nSPS) is 15.1. The van der Waals surface area contributed by atoms with E-state index in [1.165, 1.54) is 42.2 Å². The molecule has 1 saturated carbocycles. The Morgan fingerprint density at radius 3 is 2.56 bits per heavy atom. The molecule has 1 fully saturated rings. The first-order valence-corrected chi connectivity index (χ1v) is 9.94. The highest BCUT2D eigenvalue weighted by Crippen LogP contribution is 2.22. The standard InChI is InChI=1S/C20H25N3OS/c1-14-8-9-16(12-15(14)2)18-10-11-20(23-22-18)25-13-19(24)21-17-6-4-3-5-7-17/h8-12,17H,3-7,13H2,1-2H3,(H,21,24). The Hall–Kier alpha value is -1.88. The van der Waals surface area contributed by atoms with Gasteiger partial charge in [-0.25, -0.2) is 0 Å². The molecule has 0 spiro atoms. The van der Waals surface area contributed by atoms with Crippen LogP contribution in [-0.4, -0.2) is 27.9 Å². The molecule has 5 heteroatoms. The maximum absolute atomic E-state index is 12.1. The highest BCUT2D eigenvalue weighted by Gasteiger charge is 2.15. The number of nitrogens with zero attached hydrogens (tertiary/aromatic N) is 2. The number of carbonyl (C=O) groups excluding carboxylic acids is 1. The first-order chi connectivity index (χ1) is 12.1. The van der Waals surface area contributed by atoms with Gasteiger partial charge >= 0.3 is 0 Å². The van der Waals surface area contributed by atoms with Crippen LogP contribution in [-0.2, 0) is 4.79 Å². The number of aromatic nitrogens is 2. The topological polar surface area (TPSA) is 54.9 Å². The van der Waals surface area contributed by atoms with E-state index in [1.54, 1.807) is 0 Å². The van der Waals surface area contributed by atoms with Gasteiger partial charge in [-0.2, -0.15) is 0 Å². The zero-order chi connectivity index (χ0) is 17.6. The molecule has 0 bridgehead atoms. The van der Waals surface area contributed by atoms with E-state index in [-0.39, 0.29) is 5.91 Å². The maximum Gasteiger partial charge on any atom is 0.230 e. The number of thioether (sulfide) groups is 1. The van der Waals surface area contributed by atoms with E-state index >= 15 is 0 Å². The van der Waals surface area contributed by atoms with Crippen LogP contribution >= 0.6 is 11.8 Å². The second kappa shape index (κ2) is 8.48. The fourth-order valence-corrected chi connectivity index (χ4v) is 3.73. The Balaban J connectivity index is 1.53. The van der Waals surface area contributed by atoms with E-state index in [9.17, 15) is 4.79 Å². The third-order valence-electron chi connectivity index (χ3n) is 4.76. The number of hydrogen-bond donors (Lipinski definition) is 1. The lowest BCUT2D eigenvalue weighted by atomic mass is 9.95. The summed E-state index contributed by atoms with van der Waals surface area (Å²) in [5, 5.41) is 12.5. The Morgan fingerprint density at radius 2 is 1.88 bits per heavy atom. The van der Waals surface area contributed by atoms with Crippen molar-refractivity contribution in [3.05, 3.63) is 41.5 Å². The molecule has 132 valence electrons. The van der Waals surface area contributed by atoms with E-state index in [2.05, 4.69) is 47.6 Å². The van der Waals surface area contributed by atoms with Gasteiger partial charge in [0.15, 0.2) is 0 Å². The largest absolute Gasteiger partial charge is 0.353 e. The molecule has 1 heterocycles. The van der Waals surface area contributed by atoms with Crippen molar-refractivity contribution in [3.8, 4) is 11.3 Å². The van der Waals surface area contributed by atoms with Gasteiger partial charge in [-0.3, -0.25) is 4.79 Å². The summed E-state index contributed by atoms with van der Waals surface area (Å²) in [7, 11) is 0. The van der Waals surface area contributed by atoms with E-state index in [1.807, 2.05) is 12.1 Å². The second-order valence-corrected chi connectivity index (χ2v) is 7.74. The molecule has 2 aromatic rings. The van der Waals surface area contributed by atoms with E-state index < -0.39 is 0 Å². The monoisotopic (exact) mass is 355 g/mol. The van der Waals surface area contributed by atoms with Gasteiger partial charge in [0, 0.05) is 11.6 Å². The number of hydrogen-bond acceptors (Lipinski definition) is 4. The minimum absolute atomic E-state index is 0.0944. The average molecular weight is 356 g/mol. The lowest BCUT2D eigenvalue weighted by Crippen LogP contribution is -2.37. The molecule has 1 aliphatic rings. The van der Waals surface area contributed by atoms with Gasteiger partial charge in [-0.15, -0.1) is 10.2 Å². The van der Waals surface area contributed by atoms with Gasteiger partial charge in [0.25, 0.3) is 0 Å². The molecule has 0 atom stereocenters. The van der Waals surface area contributed by atoms with Crippen LogP contribution in [0.25, 0.3) is 11.3 Å². The van der Waals surface area contributed by atoms with Crippen LogP contribution in [0, 0.1) is 13.8 Å². The van der Waals surface area contributed by atoms with Gasteiger partial charge in [-0.1, -0.05) is 43.2 Å². The minimum atomic E-state index is 0.0944. The highest BCUT2D eigenvalue weighted by molar-refractivity contribution is 7.99. The quantitative estimate of drug-likeness (QED) is 0.813. The maximum atomic E-state index is 12.1. The first kappa shape index (κ1) is 17.9. The van der Waals surface area contributed by atoms with Crippen molar-refractivity contribution in [2.24, 2.45) is 0 Å².